The van der Waals surface area contributed by atoms with Gasteiger partial charge in [-0.1, -0.05) is 12.1 Å². The van der Waals surface area contributed by atoms with Gasteiger partial charge in [0.15, 0.2) is 5.82 Å². The Morgan fingerprint density at radius 1 is 1.15 bits per heavy atom. The van der Waals surface area contributed by atoms with E-state index in [1.807, 2.05) is 13.0 Å². The molecule has 1 aromatic carbocycles. The quantitative estimate of drug-likeness (QED) is 0.326. The molecule has 1 saturated carbocycles. The molecule has 1 saturated heterocycles. The first-order chi connectivity index (χ1) is 18.9. The Hall–Kier alpha value is -3.31. The summed E-state index contributed by atoms with van der Waals surface area (Å²) in [6, 6.07) is 9.42. The van der Waals surface area contributed by atoms with Crippen molar-refractivity contribution in [1.82, 2.24) is 24.8 Å². The van der Waals surface area contributed by atoms with E-state index in [0.717, 1.165) is 37.5 Å². The van der Waals surface area contributed by atoms with Crippen LogP contribution in [0.15, 0.2) is 42.2 Å². The number of aliphatic hydroxyl groups is 1. The maximum atomic E-state index is 14.1. The number of alkyl halides is 2. The van der Waals surface area contributed by atoms with Gasteiger partial charge in [-0.2, -0.15) is 9.97 Å². The highest BCUT2D eigenvalue weighted by atomic mass is 19.3. The average molecular weight is 542 g/mol. The average Bonchev–Trinajstić information content (AvgIpc) is 3.36. The van der Waals surface area contributed by atoms with E-state index in [4.69, 9.17) is 19.8 Å². The summed E-state index contributed by atoms with van der Waals surface area (Å²) in [5, 5.41) is 16.0. The highest BCUT2D eigenvalue weighted by Gasteiger charge is 2.26. The summed E-state index contributed by atoms with van der Waals surface area (Å²) in [5.41, 5.74) is 2.00. The minimum atomic E-state index is -2.75. The molecule has 1 aliphatic carbocycles. The van der Waals surface area contributed by atoms with Crippen molar-refractivity contribution in [2.24, 2.45) is 5.92 Å². The first-order valence-electron chi connectivity index (χ1n) is 13.7. The molecule has 0 spiro atoms. The molecular formula is C28H37F2N7O2. The summed E-state index contributed by atoms with van der Waals surface area (Å²) >= 11 is 0. The van der Waals surface area contributed by atoms with E-state index < -0.39 is 6.43 Å². The summed E-state index contributed by atoms with van der Waals surface area (Å²) in [6.07, 6.45) is 2.62. The van der Waals surface area contributed by atoms with Crippen LogP contribution in [0.4, 0.5) is 20.5 Å². The summed E-state index contributed by atoms with van der Waals surface area (Å²) in [7, 11) is 0. The fourth-order valence-corrected chi connectivity index (χ4v) is 5.42. The van der Waals surface area contributed by atoms with Crippen LogP contribution in [0.2, 0.25) is 0 Å². The van der Waals surface area contributed by atoms with Crippen LogP contribution in [0.5, 0.6) is 0 Å². The predicted molar refractivity (Wildman–Crippen MR) is 148 cm³/mol. The number of ether oxygens (including phenoxy) is 1. The molecule has 1 atom stereocenters. The molecular weight excluding hydrogens is 504 g/mol. The monoisotopic (exact) mass is 541 g/mol. The number of hydrogen-bond acceptors (Lipinski definition) is 8. The lowest BCUT2D eigenvalue weighted by Crippen LogP contribution is -2.44. The fourth-order valence-electron chi connectivity index (χ4n) is 5.42. The van der Waals surface area contributed by atoms with Crippen LogP contribution in [-0.4, -0.2) is 69.6 Å². The van der Waals surface area contributed by atoms with E-state index >= 15 is 0 Å². The van der Waals surface area contributed by atoms with Crippen molar-refractivity contribution in [3.05, 3.63) is 48.0 Å². The van der Waals surface area contributed by atoms with Crippen LogP contribution < -0.4 is 15.5 Å². The first-order valence-corrected chi connectivity index (χ1v) is 13.7. The van der Waals surface area contributed by atoms with Gasteiger partial charge in [-0.05, 0) is 63.2 Å². The van der Waals surface area contributed by atoms with E-state index in [-0.39, 0.29) is 11.9 Å². The van der Waals surface area contributed by atoms with E-state index in [1.165, 1.54) is 4.57 Å². The topological polar surface area (TPSA) is 100 Å². The zero-order chi connectivity index (χ0) is 27.4. The van der Waals surface area contributed by atoms with Gasteiger partial charge in [0, 0.05) is 31.7 Å². The highest BCUT2D eigenvalue weighted by molar-refractivity contribution is 5.78. The van der Waals surface area contributed by atoms with Gasteiger partial charge in [-0.25, -0.2) is 13.8 Å². The van der Waals surface area contributed by atoms with E-state index in [2.05, 4.69) is 27.4 Å². The number of benzene rings is 1. The van der Waals surface area contributed by atoms with Gasteiger partial charge in [0.25, 0.3) is 6.43 Å². The first kappa shape index (κ1) is 27.3. The third kappa shape index (κ3) is 6.30. The number of nitrogens with one attached hydrogen (secondary N) is 2. The second-order valence-corrected chi connectivity index (χ2v) is 10.6. The smallest absolute Gasteiger partial charge is 0.296 e. The number of aromatic nitrogens is 4. The third-order valence-electron chi connectivity index (χ3n) is 7.66. The van der Waals surface area contributed by atoms with Crippen molar-refractivity contribution in [3.8, 4) is 5.82 Å². The van der Waals surface area contributed by atoms with Crippen LogP contribution in [0.1, 0.15) is 51.8 Å². The van der Waals surface area contributed by atoms with Gasteiger partial charge in [-0.3, -0.25) is 4.57 Å². The van der Waals surface area contributed by atoms with Crippen LogP contribution >= 0.6 is 0 Å². The van der Waals surface area contributed by atoms with Gasteiger partial charge in [0.2, 0.25) is 5.95 Å². The maximum absolute atomic E-state index is 14.1. The summed E-state index contributed by atoms with van der Waals surface area (Å²) in [5.74, 6) is 1.59. The Morgan fingerprint density at radius 3 is 2.67 bits per heavy atom. The van der Waals surface area contributed by atoms with Gasteiger partial charge < -0.3 is 25.4 Å². The molecule has 2 aromatic heterocycles. The lowest BCUT2D eigenvalue weighted by atomic mass is 9.86. The Kier molecular flexibility index (Phi) is 8.56. The predicted octanol–water partition coefficient (Wildman–Crippen LogP) is 5.00. The molecule has 5 rings (SSSR count). The minimum absolute atomic E-state index is 0.0931. The van der Waals surface area contributed by atoms with Crippen LogP contribution in [0.3, 0.4) is 0 Å². The van der Waals surface area contributed by atoms with Crippen LogP contribution in [0.25, 0.3) is 16.9 Å². The molecule has 0 amide bonds. The standard InChI is InChI=1S/C28H37F2N7O2/c1-18(16-38)14-31-21-9-7-20(8-10-21)15-32-28-34-24(36-11-12-39-17-19(36)2)13-25(35-28)37-23-6-4-3-5-22(23)33-27(37)26(29)30/h3-6,13,16,19-21,26,31,38H,7-12,14-15,17H2,1-2H3,(H,32,34,35)/b18-16+/t19-,20-,21-/m0/s1. The van der Waals surface area contributed by atoms with Crippen molar-refractivity contribution < 1.29 is 18.6 Å². The number of hydrogen-bond donors (Lipinski definition) is 3. The fraction of sp³-hybridized carbons (Fsp3) is 0.536. The Morgan fingerprint density at radius 2 is 1.92 bits per heavy atom. The maximum Gasteiger partial charge on any atom is 0.296 e. The molecule has 3 heterocycles. The Bertz CT molecular complexity index is 1290. The van der Waals surface area contributed by atoms with E-state index in [1.54, 1.807) is 24.3 Å². The number of imidazole rings is 1. The van der Waals surface area contributed by atoms with Crippen molar-refractivity contribution >= 4 is 22.8 Å². The lowest BCUT2D eigenvalue weighted by molar-refractivity contribution is 0.0985. The Labute approximate surface area is 227 Å². The van der Waals surface area contributed by atoms with Crippen molar-refractivity contribution in [1.29, 1.82) is 0 Å². The van der Waals surface area contributed by atoms with E-state index in [0.29, 0.717) is 73.4 Å². The zero-order valence-electron chi connectivity index (χ0n) is 22.5. The van der Waals surface area contributed by atoms with Crippen LogP contribution in [0, 0.1) is 5.92 Å². The highest BCUT2D eigenvalue weighted by Crippen LogP contribution is 2.30. The largest absolute Gasteiger partial charge is 0.516 e. The molecule has 210 valence electrons. The Balaban J connectivity index is 1.39. The van der Waals surface area contributed by atoms with Crippen molar-refractivity contribution in [3.63, 3.8) is 0 Å². The van der Waals surface area contributed by atoms with Gasteiger partial charge in [0.1, 0.15) is 11.6 Å². The zero-order valence-corrected chi connectivity index (χ0v) is 22.5. The molecule has 0 radical (unpaired) electrons. The van der Waals surface area contributed by atoms with Crippen molar-refractivity contribution in [2.75, 3.05) is 43.1 Å². The summed E-state index contributed by atoms with van der Waals surface area (Å²) < 4.78 is 35.3. The number of para-hydroxylation sites is 2. The molecule has 11 heteroatoms. The second kappa shape index (κ2) is 12.3. The minimum Gasteiger partial charge on any atom is -0.516 e. The number of morpholine rings is 1. The molecule has 0 bridgehead atoms. The number of aliphatic hydroxyl groups excluding tert-OH is 1. The van der Waals surface area contributed by atoms with Crippen LogP contribution in [-0.2, 0) is 4.74 Å². The van der Waals surface area contributed by atoms with E-state index in [9.17, 15) is 8.78 Å². The number of halogens is 2. The number of fused-ring (bicyclic) bond motifs is 1. The molecule has 1 aliphatic heterocycles. The lowest BCUT2D eigenvalue weighted by Gasteiger charge is -2.34. The number of rotatable bonds is 9. The van der Waals surface area contributed by atoms with Gasteiger partial charge in [0.05, 0.1) is 36.6 Å². The molecule has 3 N–H and O–H groups in total. The molecule has 0 unspecified atom stereocenters. The van der Waals surface area contributed by atoms with Gasteiger partial charge in [-0.15, -0.1) is 0 Å². The van der Waals surface area contributed by atoms with Crippen molar-refractivity contribution in [2.45, 2.75) is 58.0 Å². The normalized spacial score (nSPS) is 22.5. The SMILES string of the molecule is C/C(=C\O)CN[C@H]1CC[C@H](CNc2nc(N3CCOC[C@@H]3C)cc(-n3c(C(F)F)nc4ccccc43)n2)CC1. The third-order valence-corrected chi connectivity index (χ3v) is 7.66. The molecule has 3 aromatic rings. The summed E-state index contributed by atoms with van der Waals surface area (Å²) in [4.78, 5) is 15.9. The molecule has 2 fully saturated rings. The second-order valence-electron chi connectivity index (χ2n) is 10.6. The molecule has 2 aliphatic rings. The molecule has 9 nitrogen and oxygen atoms in total. The summed E-state index contributed by atoms with van der Waals surface area (Å²) in [6.45, 7) is 7.17. The number of nitrogens with zero attached hydrogens (tertiary/aromatic N) is 5. The molecule has 39 heavy (non-hydrogen) atoms. The van der Waals surface area contributed by atoms with Gasteiger partial charge >= 0.3 is 0 Å². The number of anilines is 2.